The Morgan fingerprint density at radius 1 is 0.758 bits per heavy atom. The largest absolute Gasteiger partial charge is 0.456 e. The van der Waals surface area contributed by atoms with Gasteiger partial charge in [0.1, 0.15) is 11.5 Å². The third kappa shape index (κ3) is 3.52. The lowest BCUT2D eigenvalue weighted by Crippen LogP contribution is -2.24. The molecule has 6 aromatic rings. The molecule has 7 rings (SSSR count). The molecule has 1 amide bonds. The van der Waals surface area contributed by atoms with Crippen LogP contribution >= 0.6 is 11.8 Å². The number of rotatable bonds is 4. The summed E-state index contributed by atoms with van der Waals surface area (Å²) in [6.07, 6.45) is 0. The number of nitrogens with zero attached hydrogens (tertiary/aromatic N) is 1. The first-order valence-electron chi connectivity index (χ1n) is 10.6. The van der Waals surface area contributed by atoms with Crippen LogP contribution in [0.1, 0.15) is 0 Å². The molecule has 0 aliphatic carbocycles. The molecule has 1 fully saturated rings. The van der Waals surface area contributed by atoms with E-state index in [-0.39, 0.29) is 5.91 Å². The Labute approximate surface area is 194 Å². The SMILES string of the molecule is O=C1NC(=Nc2ccccc2)S/C1=c1\c2c(-c3ccccc3)ccc1=C2Oc1ccccc1. The smallest absolute Gasteiger partial charge is 0.264 e. The van der Waals surface area contributed by atoms with Gasteiger partial charge in [-0.3, -0.25) is 4.79 Å². The van der Waals surface area contributed by atoms with Gasteiger partial charge in [-0.1, -0.05) is 72.8 Å². The number of amidine groups is 1. The fourth-order valence-corrected chi connectivity index (χ4v) is 5.01. The molecule has 1 saturated heterocycles. The zero-order valence-electron chi connectivity index (χ0n) is 17.5. The monoisotopic (exact) mass is 446 g/mol. The van der Waals surface area contributed by atoms with Gasteiger partial charge in [-0.15, -0.1) is 0 Å². The minimum atomic E-state index is -0.138. The second kappa shape index (κ2) is 8.11. The van der Waals surface area contributed by atoms with Crippen molar-refractivity contribution in [1.82, 2.24) is 5.32 Å². The second-order valence-corrected chi connectivity index (χ2v) is 8.66. The summed E-state index contributed by atoms with van der Waals surface area (Å²) < 4.78 is 6.28. The van der Waals surface area contributed by atoms with E-state index in [9.17, 15) is 4.79 Å². The number of hydrogen-bond donors (Lipinski definition) is 1. The van der Waals surface area contributed by atoms with Crippen LogP contribution in [0.4, 0.5) is 5.69 Å². The summed E-state index contributed by atoms with van der Waals surface area (Å²) in [6, 6.07) is 33.6. The molecule has 0 saturated carbocycles. The van der Waals surface area contributed by atoms with Crippen LogP contribution in [0.3, 0.4) is 0 Å². The van der Waals surface area contributed by atoms with Gasteiger partial charge < -0.3 is 10.1 Å². The summed E-state index contributed by atoms with van der Waals surface area (Å²) in [5, 5.41) is 6.31. The lowest BCUT2D eigenvalue weighted by atomic mass is 9.90. The minimum Gasteiger partial charge on any atom is -0.456 e. The van der Waals surface area contributed by atoms with Crippen LogP contribution in [0.25, 0.3) is 26.8 Å². The first kappa shape index (κ1) is 19.6. The first-order valence-corrected chi connectivity index (χ1v) is 11.4. The third-order valence-electron chi connectivity index (χ3n) is 5.56. The molecular weight excluding hydrogens is 428 g/mol. The number of amides is 1. The van der Waals surface area contributed by atoms with Crippen LogP contribution in [0.15, 0.2) is 108 Å². The number of para-hydroxylation sites is 2. The molecule has 6 aromatic carbocycles. The van der Waals surface area contributed by atoms with Gasteiger partial charge in [-0.25, -0.2) is 4.99 Å². The number of nitrogens with one attached hydrogen (secondary N) is 1. The van der Waals surface area contributed by atoms with Crippen LogP contribution in [-0.4, -0.2) is 11.1 Å². The average Bonchev–Trinajstić information content (AvgIpc) is 3.22. The molecule has 5 heteroatoms. The molecule has 0 radical (unpaired) electrons. The Morgan fingerprint density at radius 3 is 2.15 bits per heavy atom. The van der Waals surface area contributed by atoms with Crippen LogP contribution in [0.2, 0.25) is 0 Å². The Morgan fingerprint density at radius 2 is 1.42 bits per heavy atom. The van der Waals surface area contributed by atoms with Gasteiger partial charge in [0.05, 0.1) is 10.6 Å². The zero-order valence-corrected chi connectivity index (χ0v) is 18.3. The summed E-state index contributed by atoms with van der Waals surface area (Å²) in [5.41, 5.74) is 2.92. The molecule has 0 atom stereocenters. The second-order valence-electron chi connectivity index (χ2n) is 7.66. The van der Waals surface area contributed by atoms with Crippen molar-refractivity contribution in [3.05, 3.63) is 108 Å². The lowest BCUT2D eigenvalue weighted by molar-refractivity contribution is -0.113. The summed E-state index contributed by atoms with van der Waals surface area (Å²) in [5.74, 6) is 1.43. The van der Waals surface area contributed by atoms with Gasteiger partial charge in [-0.2, -0.15) is 0 Å². The van der Waals surface area contributed by atoms with Crippen molar-refractivity contribution in [3.8, 4) is 22.6 Å². The van der Waals surface area contributed by atoms with Gasteiger partial charge in [0.25, 0.3) is 5.91 Å². The van der Waals surface area contributed by atoms with Crippen LogP contribution < -0.4 is 15.3 Å². The van der Waals surface area contributed by atoms with Crippen molar-refractivity contribution in [3.63, 3.8) is 0 Å². The van der Waals surface area contributed by atoms with Gasteiger partial charge in [0.2, 0.25) is 0 Å². The van der Waals surface area contributed by atoms with Crippen LogP contribution in [-0.2, 0) is 4.79 Å². The average molecular weight is 447 g/mol. The fourth-order valence-electron chi connectivity index (χ4n) is 4.06. The van der Waals surface area contributed by atoms with E-state index in [1.807, 2.05) is 84.9 Å². The Hall–Kier alpha value is -4.09. The lowest BCUT2D eigenvalue weighted by Gasteiger charge is -2.21. The van der Waals surface area contributed by atoms with Crippen LogP contribution in [0.5, 0.6) is 11.5 Å². The van der Waals surface area contributed by atoms with Gasteiger partial charge in [0.15, 0.2) is 5.17 Å². The van der Waals surface area contributed by atoms with Crippen molar-refractivity contribution < 1.29 is 9.53 Å². The third-order valence-corrected chi connectivity index (χ3v) is 6.54. The molecule has 4 nitrogen and oxygen atoms in total. The molecular formula is C28H18N2O2S. The highest BCUT2D eigenvalue weighted by Crippen LogP contribution is 2.42. The Balaban J connectivity index is 1.51. The maximum absolute atomic E-state index is 13.0. The van der Waals surface area contributed by atoms with E-state index < -0.39 is 0 Å². The number of thioether (sulfide) groups is 1. The predicted molar refractivity (Wildman–Crippen MR) is 135 cm³/mol. The van der Waals surface area contributed by atoms with E-state index in [1.54, 1.807) is 0 Å². The molecule has 0 spiro atoms. The van der Waals surface area contributed by atoms with E-state index in [4.69, 9.17) is 4.74 Å². The molecule has 1 N–H and O–H groups in total. The number of carbonyl (C=O) groups is 1. The highest BCUT2D eigenvalue weighted by molar-refractivity contribution is 8.23. The van der Waals surface area contributed by atoms with E-state index in [0.29, 0.717) is 10.1 Å². The van der Waals surface area contributed by atoms with Gasteiger partial charge in [-0.05, 0) is 53.2 Å². The van der Waals surface area contributed by atoms with Crippen molar-refractivity contribution in [1.29, 1.82) is 0 Å². The van der Waals surface area contributed by atoms with Crippen molar-refractivity contribution in [2.24, 2.45) is 4.99 Å². The number of aliphatic imine (C=N–C) groups is 1. The maximum atomic E-state index is 13.0. The van der Waals surface area contributed by atoms with E-state index in [2.05, 4.69) is 28.5 Å². The highest BCUT2D eigenvalue weighted by Gasteiger charge is 2.30. The van der Waals surface area contributed by atoms with Gasteiger partial charge >= 0.3 is 0 Å². The summed E-state index contributed by atoms with van der Waals surface area (Å²) in [7, 11) is 0. The molecule has 2 bridgehead atoms. The summed E-state index contributed by atoms with van der Waals surface area (Å²) in [6.45, 7) is 0. The molecule has 0 unspecified atom stereocenters. The van der Waals surface area contributed by atoms with Gasteiger partial charge in [0, 0.05) is 16.0 Å². The quantitative estimate of drug-likeness (QED) is 0.362. The van der Waals surface area contributed by atoms with E-state index >= 15 is 0 Å². The molecule has 33 heavy (non-hydrogen) atoms. The molecule has 1 aliphatic rings. The highest BCUT2D eigenvalue weighted by atomic mass is 32.2. The number of carbonyl (C=O) groups excluding carboxylic acids is 1. The number of benzene rings is 5. The van der Waals surface area contributed by atoms with Crippen molar-refractivity contribution >= 4 is 44.2 Å². The summed E-state index contributed by atoms with van der Waals surface area (Å²) in [4.78, 5) is 18.2. The van der Waals surface area contributed by atoms with Crippen molar-refractivity contribution in [2.45, 2.75) is 0 Å². The van der Waals surface area contributed by atoms with Crippen molar-refractivity contribution in [2.75, 3.05) is 0 Å². The molecule has 1 heterocycles. The van der Waals surface area contributed by atoms with E-state index in [1.165, 1.54) is 11.8 Å². The standard InChI is InChI=1S/C28H18N2O2S/c31-27-26(33-28(30-27)29-19-12-6-2-7-13-19)24-22-17-16-21(18-10-4-1-5-11-18)23(24)25(22)32-20-14-8-3-9-15-20/h1-17H,(H,29,30,31)/b26-24-. The topological polar surface area (TPSA) is 50.7 Å². The molecule has 1 aliphatic heterocycles. The zero-order chi connectivity index (χ0) is 22.2. The van der Waals surface area contributed by atoms with E-state index in [0.717, 1.165) is 44.3 Å². The fraction of sp³-hybridized carbons (Fsp3) is 0. The summed E-state index contributed by atoms with van der Waals surface area (Å²) >= 11 is 1.37. The predicted octanol–water partition coefficient (Wildman–Crippen LogP) is 6.11. The van der Waals surface area contributed by atoms with Crippen LogP contribution in [0, 0.1) is 0 Å². The first-order chi connectivity index (χ1) is 16.3. The molecule has 0 aromatic heterocycles. The number of hydrogen-bond acceptors (Lipinski definition) is 4. The maximum Gasteiger partial charge on any atom is 0.264 e. The molecule has 158 valence electrons. The number of fused-ring (bicyclic) bond motifs is 2. The Kier molecular flexibility index (Phi) is 4.82. The minimum absolute atomic E-state index is 0.138. The number of ether oxygens (including phenoxy) is 1. The Bertz CT molecular complexity index is 1530. The normalized spacial score (nSPS) is 16.5.